The van der Waals surface area contributed by atoms with E-state index in [-0.39, 0.29) is 35.8 Å². The van der Waals surface area contributed by atoms with Crippen molar-refractivity contribution in [2.75, 3.05) is 42.5 Å². The first kappa shape index (κ1) is 29.4. The van der Waals surface area contributed by atoms with Gasteiger partial charge < -0.3 is 19.4 Å². The molecule has 44 heavy (non-hydrogen) atoms. The summed E-state index contributed by atoms with van der Waals surface area (Å²) in [5, 5.41) is 2.93. The Morgan fingerprint density at radius 3 is 2.43 bits per heavy atom. The second kappa shape index (κ2) is 11.6. The third-order valence-electron chi connectivity index (χ3n) is 10.1. The molecule has 0 spiro atoms. The van der Waals surface area contributed by atoms with Crippen molar-refractivity contribution in [3.05, 3.63) is 46.7 Å². The first-order valence-electron chi connectivity index (χ1n) is 15.8. The number of rotatable bonds is 6. The van der Waals surface area contributed by atoms with Crippen molar-refractivity contribution in [3.8, 4) is 0 Å². The fourth-order valence-corrected chi connectivity index (χ4v) is 7.69. The van der Waals surface area contributed by atoms with E-state index >= 15 is 0 Å². The smallest absolute Gasteiger partial charge is 0.255 e. The minimum absolute atomic E-state index is 0.0824. The van der Waals surface area contributed by atoms with Crippen LogP contribution in [-0.4, -0.2) is 100 Å². The number of carbonyl (C=O) groups is 3. The third kappa shape index (κ3) is 5.65. The molecule has 1 N–H and O–H groups in total. The van der Waals surface area contributed by atoms with Crippen molar-refractivity contribution < 1.29 is 19.1 Å². The molecule has 2 aromatic rings. The first-order chi connectivity index (χ1) is 21.1. The molecule has 3 amide bonds. The maximum absolute atomic E-state index is 13.2. The highest BCUT2D eigenvalue weighted by Gasteiger charge is 2.43. The van der Waals surface area contributed by atoms with Crippen LogP contribution in [-0.2, 0) is 20.9 Å². The SMILES string of the molecule is CC1(C)CN(C2CC(OC3CCN(c4ncc(Cl)cn4)CC3)C2)CCN1c1ccc2c(c1)CN([C@@H]1CCC(=O)NC1=O)C2=O. The molecule has 4 fully saturated rings. The second-order valence-corrected chi connectivity index (χ2v) is 13.9. The normalized spacial score (nSPS) is 27.8. The summed E-state index contributed by atoms with van der Waals surface area (Å²) in [4.78, 5) is 54.8. The number of piperazine rings is 1. The number of carbonyl (C=O) groups excluding carboxylic acids is 3. The average molecular weight is 622 g/mol. The molecule has 7 rings (SSSR count). The van der Waals surface area contributed by atoms with Crippen LogP contribution in [0.25, 0.3) is 0 Å². The highest BCUT2D eigenvalue weighted by Crippen LogP contribution is 2.37. The van der Waals surface area contributed by atoms with E-state index in [1.165, 1.54) is 0 Å². The molecule has 0 unspecified atom stereocenters. The van der Waals surface area contributed by atoms with Crippen LogP contribution < -0.4 is 15.1 Å². The van der Waals surface area contributed by atoms with Gasteiger partial charge in [-0.25, -0.2) is 9.97 Å². The lowest BCUT2D eigenvalue weighted by atomic mass is 9.85. The number of anilines is 2. The van der Waals surface area contributed by atoms with Gasteiger partial charge in [-0.3, -0.25) is 24.6 Å². The topological polar surface area (TPSA) is 111 Å². The summed E-state index contributed by atoms with van der Waals surface area (Å²) in [6.45, 7) is 9.61. The molecule has 5 heterocycles. The van der Waals surface area contributed by atoms with Gasteiger partial charge in [-0.15, -0.1) is 0 Å². The van der Waals surface area contributed by atoms with Crippen molar-refractivity contribution in [1.82, 2.24) is 25.1 Å². The standard InChI is InChI=1S/C32H40ClN7O4/c1-32(2)19-38(23-14-25(15-23)44-24-7-9-37(10-8-24)31-34-16-21(33)17-35-31)11-12-40(32)22-3-4-26-20(13-22)18-39(30(26)43)27-5-6-28(41)36-29(27)42/h3-4,13,16-17,23-25,27H,5-12,14-15,18-19H2,1-2H3,(H,36,41,42)/t23?,25?,27-/m1/s1. The lowest BCUT2D eigenvalue weighted by molar-refractivity contribution is -0.136. The Labute approximate surface area is 262 Å². The van der Waals surface area contributed by atoms with Crippen molar-refractivity contribution >= 4 is 41.0 Å². The number of hydrogen-bond acceptors (Lipinski definition) is 9. The summed E-state index contributed by atoms with van der Waals surface area (Å²) >= 11 is 5.93. The van der Waals surface area contributed by atoms with Crippen LogP contribution in [0.4, 0.5) is 11.6 Å². The van der Waals surface area contributed by atoms with Crippen LogP contribution in [0, 0.1) is 0 Å². The van der Waals surface area contributed by atoms with E-state index in [1.54, 1.807) is 17.3 Å². The minimum Gasteiger partial charge on any atom is -0.375 e. The molecule has 1 aromatic heterocycles. The number of amides is 3. The molecule has 1 aliphatic carbocycles. The highest BCUT2D eigenvalue weighted by molar-refractivity contribution is 6.30. The fourth-order valence-electron chi connectivity index (χ4n) is 7.59. The van der Waals surface area contributed by atoms with Gasteiger partial charge in [-0.2, -0.15) is 0 Å². The largest absolute Gasteiger partial charge is 0.375 e. The highest BCUT2D eigenvalue weighted by atomic mass is 35.5. The zero-order chi connectivity index (χ0) is 30.6. The number of imide groups is 1. The van der Waals surface area contributed by atoms with Gasteiger partial charge in [0.05, 0.1) is 29.6 Å². The lowest BCUT2D eigenvalue weighted by Crippen LogP contribution is -2.64. The van der Waals surface area contributed by atoms with Gasteiger partial charge in [0.1, 0.15) is 6.04 Å². The molecule has 5 aliphatic rings. The first-order valence-corrected chi connectivity index (χ1v) is 16.2. The number of piperidine rings is 2. The molecule has 0 bridgehead atoms. The molecule has 12 heteroatoms. The van der Waals surface area contributed by atoms with Gasteiger partial charge in [0.15, 0.2) is 0 Å². The van der Waals surface area contributed by atoms with E-state index < -0.39 is 6.04 Å². The summed E-state index contributed by atoms with van der Waals surface area (Å²) in [5.74, 6) is -0.0431. The van der Waals surface area contributed by atoms with Gasteiger partial charge in [-0.1, -0.05) is 11.6 Å². The zero-order valence-electron chi connectivity index (χ0n) is 25.4. The molecule has 11 nitrogen and oxygen atoms in total. The predicted octanol–water partition coefficient (Wildman–Crippen LogP) is 3.01. The maximum Gasteiger partial charge on any atom is 0.255 e. The molecular weight excluding hydrogens is 582 g/mol. The number of halogens is 1. The maximum atomic E-state index is 13.2. The third-order valence-corrected chi connectivity index (χ3v) is 10.2. The van der Waals surface area contributed by atoms with Crippen molar-refractivity contribution in [2.45, 2.75) is 88.7 Å². The van der Waals surface area contributed by atoms with Crippen molar-refractivity contribution in [2.24, 2.45) is 0 Å². The predicted molar refractivity (Wildman–Crippen MR) is 166 cm³/mol. The minimum atomic E-state index is -0.594. The van der Waals surface area contributed by atoms with Crippen LogP contribution in [0.15, 0.2) is 30.6 Å². The van der Waals surface area contributed by atoms with Crippen LogP contribution in [0.3, 0.4) is 0 Å². The van der Waals surface area contributed by atoms with E-state index in [9.17, 15) is 14.4 Å². The zero-order valence-corrected chi connectivity index (χ0v) is 26.1. The number of benzene rings is 1. The summed E-state index contributed by atoms with van der Waals surface area (Å²) < 4.78 is 6.51. The van der Waals surface area contributed by atoms with Gasteiger partial charge in [0.25, 0.3) is 5.91 Å². The Kier molecular flexibility index (Phi) is 7.74. The summed E-state index contributed by atoms with van der Waals surface area (Å²) in [7, 11) is 0. The molecule has 1 aromatic carbocycles. The number of nitrogens with zero attached hydrogens (tertiary/aromatic N) is 6. The number of nitrogens with one attached hydrogen (secondary N) is 1. The van der Waals surface area contributed by atoms with Gasteiger partial charge >= 0.3 is 0 Å². The van der Waals surface area contributed by atoms with Crippen molar-refractivity contribution in [1.29, 1.82) is 0 Å². The van der Waals surface area contributed by atoms with Crippen LogP contribution >= 0.6 is 11.6 Å². The molecule has 234 valence electrons. The average Bonchev–Trinajstić information content (AvgIpc) is 3.30. The molecular formula is C32H40ClN7O4. The summed E-state index contributed by atoms with van der Waals surface area (Å²) in [6, 6.07) is 6.02. The van der Waals surface area contributed by atoms with E-state index in [2.05, 4.69) is 49.9 Å². The monoisotopic (exact) mass is 621 g/mol. The Hall–Kier alpha value is -3.28. The Balaban J connectivity index is 0.902. The Morgan fingerprint density at radius 2 is 1.73 bits per heavy atom. The van der Waals surface area contributed by atoms with Crippen LogP contribution in [0.1, 0.15) is 68.3 Å². The summed E-state index contributed by atoms with van der Waals surface area (Å²) in [5.41, 5.74) is 2.62. The van der Waals surface area contributed by atoms with Crippen molar-refractivity contribution in [3.63, 3.8) is 0 Å². The second-order valence-electron chi connectivity index (χ2n) is 13.4. The Bertz CT molecular complexity index is 1440. The number of fused-ring (bicyclic) bond motifs is 1. The van der Waals surface area contributed by atoms with Crippen LogP contribution in [0.2, 0.25) is 5.02 Å². The van der Waals surface area contributed by atoms with E-state index in [0.29, 0.717) is 35.7 Å². The number of ether oxygens (including phenoxy) is 1. The molecule has 3 saturated heterocycles. The molecule has 1 atom stereocenters. The van der Waals surface area contributed by atoms with Gasteiger partial charge in [0, 0.05) is 68.5 Å². The number of hydrogen-bond donors (Lipinski definition) is 1. The fraction of sp³-hybridized carbons (Fsp3) is 0.594. The van der Waals surface area contributed by atoms with E-state index in [0.717, 1.165) is 75.6 Å². The van der Waals surface area contributed by atoms with E-state index in [1.807, 2.05) is 12.1 Å². The quantitative estimate of drug-likeness (QED) is 0.487. The molecule has 0 radical (unpaired) electrons. The molecule has 4 aliphatic heterocycles. The van der Waals surface area contributed by atoms with E-state index in [4.69, 9.17) is 16.3 Å². The summed E-state index contributed by atoms with van der Waals surface area (Å²) in [6.07, 6.45) is 8.66. The number of aromatic nitrogens is 2. The lowest BCUT2D eigenvalue weighted by Gasteiger charge is -2.53. The van der Waals surface area contributed by atoms with Gasteiger partial charge in [0.2, 0.25) is 17.8 Å². The molecule has 1 saturated carbocycles. The van der Waals surface area contributed by atoms with Gasteiger partial charge in [-0.05, 0) is 69.7 Å². The Morgan fingerprint density at radius 1 is 0.977 bits per heavy atom. The van der Waals surface area contributed by atoms with Crippen LogP contribution in [0.5, 0.6) is 0 Å².